The third-order valence-electron chi connectivity index (χ3n) is 2.95. The first kappa shape index (κ1) is 12.2. The Kier molecular flexibility index (Phi) is 3.75. The van der Waals surface area contributed by atoms with E-state index in [1.807, 2.05) is 12.1 Å². The molecule has 1 aromatic carbocycles. The van der Waals surface area contributed by atoms with E-state index in [0.29, 0.717) is 22.6 Å². The second-order valence-electron chi connectivity index (χ2n) is 4.28. The zero-order chi connectivity index (χ0) is 11.7. The molecule has 88 valence electrons. The molecule has 0 aromatic heterocycles. The van der Waals surface area contributed by atoms with E-state index in [-0.39, 0.29) is 6.10 Å². The summed E-state index contributed by atoms with van der Waals surface area (Å²) in [5, 5.41) is 13.9. The van der Waals surface area contributed by atoms with Gasteiger partial charge in [-0.05, 0) is 37.0 Å². The third kappa shape index (κ3) is 2.35. The van der Waals surface area contributed by atoms with Crippen LogP contribution in [0.25, 0.3) is 0 Å². The van der Waals surface area contributed by atoms with Crippen molar-refractivity contribution < 1.29 is 5.11 Å². The zero-order valence-electron chi connectivity index (χ0n) is 9.13. The van der Waals surface area contributed by atoms with E-state index in [4.69, 9.17) is 23.2 Å². The van der Waals surface area contributed by atoms with Crippen LogP contribution in [0.2, 0.25) is 10.0 Å². The molecule has 0 radical (unpaired) electrons. The van der Waals surface area contributed by atoms with Crippen LogP contribution in [0, 0.1) is 0 Å². The van der Waals surface area contributed by atoms with Crippen LogP contribution in [-0.4, -0.2) is 17.8 Å². The molecule has 2 atom stereocenters. The Morgan fingerprint density at radius 2 is 2.25 bits per heavy atom. The van der Waals surface area contributed by atoms with Gasteiger partial charge < -0.3 is 10.4 Å². The molecule has 0 bridgehead atoms. The average molecular weight is 260 g/mol. The molecule has 2 rings (SSSR count). The summed E-state index contributed by atoms with van der Waals surface area (Å²) in [6, 6.07) is 4.15. The summed E-state index contributed by atoms with van der Waals surface area (Å²) in [6.45, 7) is 2.38. The summed E-state index contributed by atoms with van der Waals surface area (Å²) in [6.07, 6.45) is 1.64. The third-order valence-corrected chi connectivity index (χ3v) is 3.79. The van der Waals surface area contributed by atoms with Crippen LogP contribution in [0.1, 0.15) is 30.5 Å². The Morgan fingerprint density at radius 3 is 2.94 bits per heavy atom. The minimum atomic E-state index is -0.327. The summed E-state index contributed by atoms with van der Waals surface area (Å²) in [7, 11) is 0. The van der Waals surface area contributed by atoms with Gasteiger partial charge in [0, 0.05) is 12.6 Å². The number of aliphatic hydroxyl groups excluding tert-OH is 1. The smallest absolute Gasteiger partial charge is 0.0636 e. The molecule has 2 nitrogen and oxygen atoms in total. The van der Waals surface area contributed by atoms with Crippen molar-refractivity contribution in [3.05, 3.63) is 33.3 Å². The van der Waals surface area contributed by atoms with E-state index in [0.717, 1.165) is 18.4 Å². The van der Waals surface area contributed by atoms with Crippen LogP contribution in [-0.2, 0) is 6.42 Å². The average Bonchev–Trinajstić information content (AvgIpc) is 2.64. The fraction of sp³-hybridized carbons (Fsp3) is 0.500. The van der Waals surface area contributed by atoms with E-state index < -0.39 is 0 Å². The number of benzene rings is 1. The first-order chi connectivity index (χ1) is 7.59. The number of hydrogen-bond donors (Lipinski definition) is 2. The van der Waals surface area contributed by atoms with Crippen molar-refractivity contribution in [3.8, 4) is 0 Å². The van der Waals surface area contributed by atoms with Crippen molar-refractivity contribution >= 4 is 23.2 Å². The predicted octanol–water partition coefficient (Wildman–Crippen LogP) is 2.95. The molecular weight excluding hydrogens is 245 g/mol. The molecule has 2 N–H and O–H groups in total. The molecule has 1 aliphatic rings. The van der Waals surface area contributed by atoms with Gasteiger partial charge in [0.05, 0.1) is 16.1 Å². The van der Waals surface area contributed by atoms with Crippen molar-refractivity contribution in [3.63, 3.8) is 0 Å². The standard InChI is InChI=1S/C12H15Cl2NO/c1-7(16)6-15-11-5-3-9-8(11)2-4-10(13)12(9)14/h2,4,7,11,15-16H,3,5-6H2,1H3. The summed E-state index contributed by atoms with van der Waals surface area (Å²) in [5.74, 6) is 0. The van der Waals surface area contributed by atoms with Crippen LogP contribution in [0.3, 0.4) is 0 Å². The molecule has 1 aromatic rings. The van der Waals surface area contributed by atoms with Crippen LogP contribution in [0.15, 0.2) is 12.1 Å². The van der Waals surface area contributed by atoms with Gasteiger partial charge in [0.2, 0.25) is 0 Å². The highest BCUT2D eigenvalue weighted by Gasteiger charge is 2.25. The normalized spacial score (nSPS) is 20.9. The van der Waals surface area contributed by atoms with E-state index in [1.54, 1.807) is 6.92 Å². The van der Waals surface area contributed by atoms with Gasteiger partial charge in [-0.25, -0.2) is 0 Å². The number of nitrogens with one attached hydrogen (secondary N) is 1. The monoisotopic (exact) mass is 259 g/mol. The molecule has 0 saturated heterocycles. The van der Waals surface area contributed by atoms with Crippen LogP contribution in [0.5, 0.6) is 0 Å². The molecule has 1 aliphatic carbocycles. The van der Waals surface area contributed by atoms with Crippen LogP contribution >= 0.6 is 23.2 Å². The molecule has 0 heterocycles. The van der Waals surface area contributed by atoms with Crippen LogP contribution in [0.4, 0.5) is 0 Å². The fourth-order valence-corrected chi connectivity index (χ4v) is 2.60. The maximum Gasteiger partial charge on any atom is 0.0636 e. The topological polar surface area (TPSA) is 32.3 Å². The van der Waals surface area contributed by atoms with E-state index in [9.17, 15) is 5.11 Å². The predicted molar refractivity (Wildman–Crippen MR) is 67.2 cm³/mol. The van der Waals surface area contributed by atoms with Gasteiger partial charge in [-0.15, -0.1) is 0 Å². The SMILES string of the molecule is CC(O)CNC1CCc2c1ccc(Cl)c2Cl. The number of rotatable bonds is 3. The summed E-state index contributed by atoms with van der Waals surface area (Å²) >= 11 is 12.1. The van der Waals surface area contributed by atoms with Gasteiger partial charge in [-0.2, -0.15) is 0 Å². The zero-order valence-corrected chi connectivity index (χ0v) is 10.6. The van der Waals surface area contributed by atoms with E-state index in [2.05, 4.69) is 5.32 Å². The molecule has 0 fully saturated rings. The van der Waals surface area contributed by atoms with Gasteiger partial charge in [-0.3, -0.25) is 0 Å². The molecule has 16 heavy (non-hydrogen) atoms. The Bertz CT molecular complexity index is 393. The Labute approximate surface area is 106 Å². The van der Waals surface area contributed by atoms with Gasteiger partial charge >= 0.3 is 0 Å². The lowest BCUT2D eigenvalue weighted by molar-refractivity contribution is 0.186. The Morgan fingerprint density at radius 1 is 1.50 bits per heavy atom. The van der Waals surface area contributed by atoms with Crippen molar-refractivity contribution in [1.82, 2.24) is 5.32 Å². The number of halogens is 2. The number of fused-ring (bicyclic) bond motifs is 1. The van der Waals surface area contributed by atoms with Crippen molar-refractivity contribution in [2.24, 2.45) is 0 Å². The molecular formula is C12H15Cl2NO. The highest BCUT2D eigenvalue weighted by molar-refractivity contribution is 6.42. The number of aliphatic hydroxyl groups is 1. The van der Waals surface area contributed by atoms with Crippen molar-refractivity contribution in [2.75, 3.05) is 6.54 Å². The van der Waals surface area contributed by atoms with Gasteiger partial charge in [0.15, 0.2) is 0 Å². The first-order valence-electron chi connectivity index (χ1n) is 5.48. The lowest BCUT2D eigenvalue weighted by Crippen LogP contribution is -2.27. The summed E-state index contributed by atoms with van der Waals surface area (Å²) < 4.78 is 0. The van der Waals surface area contributed by atoms with E-state index >= 15 is 0 Å². The van der Waals surface area contributed by atoms with E-state index in [1.165, 1.54) is 5.56 Å². The molecule has 0 saturated carbocycles. The Hall–Kier alpha value is -0.280. The molecule has 4 heteroatoms. The van der Waals surface area contributed by atoms with Gasteiger partial charge in [0.1, 0.15) is 0 Å². The quantitative estimate of drug-likeness (QED) is 0.875. The lowest BCUT2D eigenvalue weighted by Gasteiger charge is -2.15. The minimum Gasteiger partial charge on any atom is -0.392 e. The molecule has 0 amide bonds. The number of hydrogen-bond acceptors (Lipinski definition) is 2. The fourth-order valence-electron chi connectivity index (χ4n) is 2.16. The van der Waals surface area contributed by atoms with Crippen LogP contribution < -0.4 is 5.32 Å². The van der Waals surface area contributed by atoms with Crippen molar-refractivity contribution in [1.29, 1.82) is 0 Å². The maximum absolute atomic E-state index is 9.25. The first-order valence-corrected chi connectivity index (χ1v) is 6.23. The summed E-state index contributed by atoms with van der Waals surface area (Å²) in [4.78, 5) is 0. The Balaban J connectivity index is 2.17. The molecule has 0 spiro atoms. The van der Waals surface area contributed by atoms with Gasteiger partial charge in [0.25, 0.3) is 0 Å². The van der Waals surface area contributed by atoms with Crippen molar-refractivity contribution in [2.45, 2.75) is 31.9 Å². The highest BCUT2D eigenvalue weighted by atomic mass is 35.5. The molecule has 2 unspecified atom stereocenters. The molecule has 0 aliphatic heterocycles. The maximum atomic E-state index is 9.25. The highest BCUT2D eigenvalue weighted by Crippen LogP contribution is 2.38. The minimum absolute atomic E-state index is 0.291. The second-order valence-corrected chi connectivity index (χ2v) is 5.06. The summed E-state index contributed by atoms with van der Waals surface area (Å²) in [5.41, 5.74) is 2.37. The second kappa shape index (κ2) is 4.92. The largest absolute Gasteiger partial charge is 0.392 e. The van der Waals surface area contributed by atoms with Gasteiger partial charge in [-0.1, -0.05) is 29.3 Å². The lowest BCUT2D eigenvalue weighted by atomic mass is 10.1.